The number of carbonyl (C=O) groups is 1. The van der Waals surface area contributed by atoms with Crippen LogP contribution in [0.3, 0.4) is 0 Å². The van der Waals surface area contributed by atoms with Crippen LogP contribution in [0.1, 0.15) is 11.5 Å². The van der Waals surface area contributed by atoms with Crippen LogP contribution in [0, 0.1) is 21.4 Å². The molecule has 3 rings (SSSR count). The topological polar surface area (TPSA) is 122 Å². The fraction of sp³-hybridized carbons (Fsp3) is 0.0526. The second-order valence-corrected chi connectivity index (χ2v) is 5.96. The predicted molar refractivity (Wildman–Crippen MR) is 100.0 cm³/mol. The summed E-state index contributed by atoms with van der Waals surface area (Å²) in [7, 11) is 0. The number of nitrogens with one attached hydrogen (secondary N) is 1. The average Bonchev–Trinajstić information content (AvgIpc) is 3.36. The van der Waals surface area contributed by atoms with E-state index in [0.717, 1.165) is 0 Å². The van der Waals surface area contributed by atoms with E-state index >= 15 is 0 Å². The molecule has 0 aliphatic rings. The van der Waals surface area contributed by atoms with Crippen molar-refractivity contribution in [3.05, 3.63) is 81.0 Å². The van der Waals surface area contributed by atoms with Gasteiger partial charge in [-0.2, -0.15) is 5.26 Å². The summed E-state index contributed by atoms with van der Waals surface area (Å²) in [6.45, 7) is 0.142. The number of rotatable bonds is 6. The van der Waals surface area contributed by atoms with Crippen LogP contribution in [-0.4, -0.2) is 10.8 Å². The van der Waals surface area contributed by atoms with E-state index in [2.05, 4.69) is 5.32 Å². The Morgan fingerprint density at radius 2 is 2.14 bits per heavy atom. The number of furan rings is 2. The molecular formula is C19H12ClN3O5. The number of hydrogen-bond acceptors (Lipinski definition) is 6. The SMILES string of the molecule is N#C/C(=C\c1ccc(-c2ccc(Cl)c([N+](=O)[O-])c2)o1)C(=O)NCc1ccco1. The van der Waals surface area contributed by atoms with Crippen molar-refractivity contribution in [1.82, 2.24) is 5.32 Å². The Balaban J connectivity index is 1.78. The monoisotopic (exact) mass is 397 g/mol. The fourth-order valence-corrected chi connectivity index (χ4v) is 2.54. The third-order valence-corrected chi connectivity index (χ3v) is 4.03. The maximum atomic E-state index is 12.1. The van der Waals surface area contributed by atoms with Gasteiger partial charge in [0.1, 0.15) is 33.9 Å². The molecule has 0 aliphatic heterocycles. The Kier molecular flexibility index (Phi) is 5.58. The van der Waals surface area contributed by atoms with E-state index < -0.39 is 10.8 Å². The number of benzene rings is 1. The molecule has 1 aromatic carbocycles. The molecule has 9 heteroatoms. The molecule has 0 radical (unpaired) electrons. The maximum absolute atomic E-state index is 12.1. The number of nitrogens with zero attached hydrogens (tertiary/aromatic N) is 2. The quantitative estimate of drug-likeness (QED) is 0.286. The minimum absolute atomic E-state index is 0.0143. The molecule has 1 amide bonds. The van der Waals surface area contributed by atoms with E-state index in [4.69, 9.17) is 20.4 Å². The number of nitriles is 1. The van der Waals surface area contributed by atoms with Gasteiger partial charge in [0.25, 0.3) is 11.6 Å². The van der Waals surface area contributed by atoms with E-state index in [1.807, 2.05) is 6.07 Å². The zero-order valence-electron chi connectivity index (χ0n) is 14.2. The van der Waals surface area contributed by atoms with Gasteiger partial charge in [0.05, 0.1) is 17.7 Å². The van der Waals surface area contributed by atoms with Gasteiger partial charge in [-0.25, -0.2) is 0 Å². The van der Waals surface area contributed by atoms with Gasteiger partial charge in [-0.3, -0.25) is 14.9 Å². The van der Waals surface area contributed by atoms with Crippen LogP contribution in [0.15, 0.2) is 63.1 Å². The number of nitro benzene ring substituents is 1. The Morgan fingerprint density at radius 1 is 1.32 bits per heavy atom. The van der Waals surface area contributed by atoms with E-state index in [0.29, 0.717) is 17.1 Å². The lowest BCUT2D eigenvalue weighted by molar-refractivity contribution is -0.384. The molecular weight excluding hydrogens is 386 g/mol. The molecule has 2 heterocycles. The Bertz CT molecular complexity index is 1090. The Morgan fingerprint density at radius 3 is 2.82 bits per heavy atom. The summed E-state index contributed by atoms with van der Waals surface area (Å²) >= 11 is 5.80. The molecule has 0 atom stereocenters. The first kappa shape index (κ1) is 18.9. The standard InChI is InChI=1S/C19H12ClN3O5/c20-16-5-3-12(9-17(16)23(25)26)18-6-4-14(28-18)8-13(10-21)19(24)22-11-15-2-1-7-27-15/h1-9H,11H2,(H,22,24)/b13-8+. The molecule has 140 valence electrons. The molecule has 28 heavy (non-hydrogen) atoms. The van der Waals surface area contributed by atoms with Gasteiger partial charge in [0, 0.05) is 17.7 Å². The number of hydrogen-bond donors (Lipinski definition) is 1. The van der Waals surface area contributed by atoms with Crippen molar-refractivity contribution in [2.24, 2.45) is 0 Å². The smallest absolute Gasteiger partial charge is 0.288 e. The van der Waals surface area contributed by atoms with Gasteiger partial charge in [-0.05, 0) is 36.4 Å². The van der Waals surface area contributed by atoms with Crippen molar-refractivity contribution in [2.75, 3.05) is 0 Å². The summed E-state index contributed by atoms with van der Waals surface area (Å²) in [4.78, 5) is 22.6. The van der Waals surface area contributed by atoms with Gasteiger partial charge in [0.15, 0.2) is 0 Å². The number of halogens is 1. The summed E-state index contributed by atoms with van der Waals surface area (Å²) in [5, 5.41) is 22.8. The van der Waals surface area contributed by atoms with Crippen molar-refractivity contribution in [3.63, 3.8) is 0 Å². The summed E-state index contributed by atoms with van der Waals surface area (Å²) < 4.78 is 10.7. The Hall–Kier alpha value is -3.83. The van der Waals surface area contributed by atoms with E-state index in [-0.39, 0.29) is 28.6 Å². The molecule has 2 aromatic heterocycles. The Labute approximate surface area is 163 Å². The molecule has 0 saturated heterocycles. The fourth-order valence-electron chi connectivity index (χ4n) is 2.36. The van der Waals surface area contributed by atoms with Crippen molar-refractivity contribution in [1.29, 1.82) is 5.26 Å². The summed E-state index contributed by atoms with van der Waals surface area (Å²) in [6.07, 6.45) is 2.76. The largest absolute Gasteiger partial charge is 0.467 e. The van der Waals surface area contributed by atoms with E-state index in [1.165, 1.54) is 24.5 Å². The second kappa shape index (κ2) is 8.24. The van der Waals surface area contributed by atoms with Crippen molar-refractivity contribution in [3.8, 4) is 17.4 Å². The molecule has 0 fully saturated rings. The first-order valence-electron chi connectivity index (χ1n) is 7.94. The third kappa shape index (κ3) is 4.28. The highest BCUT2D eigenvalue weighted by Crippen LogP contribution is 2.31. The maximum Gasteiger partial charge on any atom is 0.288 e. The molecule has 0 saturated carbocycles. The first-order valence-corrected chi connectivity index (χ1v) is 8.32. The highest BCUT2D eigenvalue weighted by Gasteiger charge is 2.16. The van der Waals surface area contributed by atoms with Crippen LogP contribution in [0.5, 0.6) is 0 Å². The second-order valence-electron chi connectivity index (χ2n) is 5.56. The van der Waals surface area contributed by atoms with Gasteiger partial charge in [0.2, 0.25) is 0 Å². The summed E-state index contributed by atoms with van der Waals surface area (Å²) in [6, 6.07) is 12.6. The number of carbonyl (C=O) groups excluding carboxylic acids is 1. The van der Waals surface area contributed by atoms with Crippen LogP contribution in [-0.2, 0) is 11.3 Å². The van der Waals surface area contributed by atoms with Crippen molar-refractivity contribution >= 4 is 29.3 Å². The van der Waals surface area contributed by atoms with Crippen LogP contribution in [0.2, 0.25) is 5.02 Å². The van der Waals surface area contributed by atoms with Gasteiger partial charge >= 0.3 is 0 Å². The lowest BCUT2D eigenvalue weighted by Crippen LogP contribution is -2.23. The van der Waals surface area contributed by atoms with E-state index in [1.54, 1.807) is 30.3 Å². The van der Waals surface area contributed by atoms with Crippen LogP contribution < -0.4 is 5.32 Å². The highest BCUT2D eigenvalue weighted by atomic mass is 35.5. The summed E-state index contributed by atoms with van der Waals surface area (Å²) in [5.41, 5.74) is 0.0359. The first-order chi connectivity index (χ1) is 13.5. The van der Waals surface area contributed by atoms with Crippen LogP contribution in [0.4, 0.5) is 5.69 Å². The third-order valence-electron chi connectivity index (χ3n) is 3.71. The zero-order chi connectivity index (χ0) is 20.1. The number of amides is 1. The lowest BCUT2D eigenvalue weighted by Gasteiger charge is -2.01. The van der Waals surface area contributed by atoms with Gasteiger partial charge in [-0.1, -0.05) is 11.6 Å². The zero-order valence-corrected chi connectivity index (χ0v) is 15.0. The van der Waals surface area contributed by atoms with Crippen molar-refractivity contribution in [2.45, 2.75) is 6.54 Å². The lowest BCUT2D eigenvalue weighted by atomic mass is 10.1. The molecule has 0 unspecified atom stereocenters. The van der Waals surface area contributed by atoms with Crippen LogP contribution in [0.25, 0.3) is 17.4 Å². The van der Waals surface area contributed by atoms with Gasteiger partial charge in [-0.15, -0.1) is 0 Å². The highest BCUT2D eigenvalue weighted by molar-refractivity contribution is 6.32. The number of nitro groups is 1. The molecule has 0 aliphatic carbocycles. The summed E-state index contributed by atoms with van der Waals surface area (Å²) in [5.74, 6) is 0.547. The van der Waals surface area contributed by atoms with Crippen LogP contribution >= 0.6 is 11.6 Å². The average molecular weight is 398 g/mol. The minimum atomic E-state index is -0.591. The molecule has 1 N–H and O–H groups in total. The molecule has 3 aromatic rings. The predicted octanol–water partition coefficient (Wildman–Crippen LogP) is 4.32. The molecule has 8 nitrogen and oxygen atoms in total. The van der Waals surface area contributed by atoms with E-state index in [9.17, 15) is 20.2 Å². The van der Waals surface area contributed by atoms with Crippen molar-refractivity contribution < 1.29 is 18.6 Å². The normalized spacial score (nSPS) is 11.1. The molecule has 0 spiro atoms. The van der Waals surface area contributed by atoms with Gasteiger partial charge < -0.3 is 14.2 Å². The minimum Gasteiger partial charge on any atom is -0.467 e. The molecule has 0 bridgehead atoms.